The molecule has 1 N–H and O–H groups in total. The SMILES string of the molecule is Cc1cc(O)c([C@@H](c2cccc(F)c2)N2CCN(c3ccccn3)CC2)c(=O)n1Cc1ccccn1. The minimum absolute atomic E-state index is 0.0869. The number of benzene rings is 1. The monoisotopic (exact) mass is 485 g/mol. The summed E-state index contributed by atoms with van der Waals surface area (Å²) in [4.78, 5) is 27.0. The van der Waals surface area contributed by atoms with E-state index in [9.17, 15) is 14.3 Å². The van der Waals surface area contributed by atoms with Gasteiger partial charge in [-0.2, -0.15) is 0 Å². The van der Waals surface area contributed by atoms with Gasteiger partial charge in [-0.25, -0.2) is 9.37 Å². The molecule has 5 rings (SSSR count). The molecule has 0 aliphatic carbocycles. The second kappa shape index (κ2) is 10.3. The standard InChI is InChI=1S/C28H28FN5O2/c1-20-17-24(35)26(28(36)34(20)19-23-9-2-4-11-30-23)27(21-7-6-8-22(29)18-21)33-15-13-32(14-16-33)25-10-3-5-12-31-25/h2-12,17-18,27,35H,13-16,19H2,1H3/t27-/m1/s1. The predicted molar refractivity (Wildman–Crippen MR) is 137 cm³/mol. The van der Waals surface area contributed by atoms with Crippen LogP contribution in [0.5, 0.6) is 5.75 Å². The minimum Gasteiger partial charge on any atom is -0.507 e. The molecule has 0 spiro atoms. The van der Waals surface area contributed by atoms with E-state index in [-0.39, 0.29) is 29.2 Å². The third-order valence-corrected chi connectivity index (χ3v) is 6.66. The van der Waals surface area contributed by atoms with Gasteiger partial charge in [0, 0.05) is 44.3 Å². The first kappa shape index (κ1) is 23.7. The molecule has 1 saturated heterocycles. The largest absolute Gasteiger partial charge is 0.507 e. The van der Waals surface area contributed by atoms with E-state index in [4.69, 9.17) is 0 Å². The zero-order chi connectivity index (χ0) is 25.1. The second-order valence-electron chi connectivity index (χ2n) is 8.97. The smallest absolute Gasteiger partial charge is 0.260 e. The maximum Gasteiger partial charge on any atom is 0.260 e. The Morgan fingerprint density at radius 1 is 0.944 bits per heavy atom. The predicted octanol–water partition coefficient (Wildman–Crippen LogP) is 3.75. The molecule has 0 bridgehead atoms. The van der Waals surface area contributed by atoms with Crippen LogP contribution in [0.1, 0.15) is 28.6 Å². The highest BCUT2D eigenvalue weighted by molar-refractivity contribution is 5.43. The van der Waals surface area contributed by atoms with Gasteiger partial charge in [-0.05, 0) is 55.0 Å². The van der Waals surface area contributed by atoms with Crippen LogP contribution in [0.25, 0.3) is 0 Å². The molecular weight excluding hydrogens is 457 g/mol. The van der Waals surface area contributed by atoms with Crippen molar-refractivity contribution in [2.75, 3.05) is 31.1 Å². The molecule has 8 heteroatoms. The van der Waals surface area contributed by atoms with Gasteiger partial charge in [0.15, 0.2) is 0 Å². The fourth-order valence-corrected chi connectivity index (χ4v) is 4.86. The van der Waals surface area contributed by atoms with Crippen LogP contribution >= 0.6 is 0 Å². The summed E-state index contributed by atoms with van der Waals surface area (Å²) < 4.78 is 16.0. The third-order valence-electron chi connectivity index (χ3n) is 6.66. The normalized spacial score (nSPS) is 15.1. The Labute approximate surface area is 209 Å². The summed E-state index contributed by atoms with van der Waals surface area (Å²) in [6.45, 7) is 4.68. The molecule has 1 aromatic carbocycles. The molecule has 0 radical (unpaired) electrons. The Bertz CT molecular complexity index is 1390. The van der Waals surface area contributed by atoms with Crippen molar-refractivity contribution >= 4 is 5.82 Å². The van der Waals surface area contributed by atoms with Gasteiger partial charge in [-0.15, -0.1) is 0 Å². The highest BCUT2D eigenvalue weighted by Crippen LogP contribution is 2.34. The molecule has 7 nitrogen and oxygen atoms in total. The Balaban J connectivity index is 1.54. The topological polar surface area (TPSA) is 74.5 Å². The van der Waals surface area contributed by atoms with E-state index in [2.05, 4.69) is 19.8 Å². The lowest BCUT2D eigenvalue weighted by Gasteiger charge is -2.40. The van der Waals surface area contributed by atoms with Crippen LogP contribution < -0.4 is 10.5 Å². The van der Waals surface area contributed by atoms with Gasteiger partial charge in [0.1, 0.15) is 17.4 Å². The number of hydrogen-bond donors (Lipinski definition) is 1. The van der Waals surface area contributed by atoms with Crippen molar-refractivity contribution in [1.29, 1.82) is 0 Å². The molecular formula is C28H28FN5O2. The molecule has 0 unspecified atom stereocenters. The van der Waals surface area contributed by atoms with Gasteiger partial charge in [-0.3, -0.25) is 14.7 Å². The number of rotatable bonds is 6. The molecule has 3 aromatic heterocycles. The first-order valence-electron chi connectivity index (χ1n) is 12.0. The van der Waals surface area contributed by atoms with Crippen LogP contribution in [0, 0.1) is 12.7 Å². The van der Waals surface area contributed by atoms with Crippen LogP contribution in [-0.4, -0.2) is 50.7 Å². The summed E-state index contributed by atoms with van der Waals surface area (Å²) in [5.41, 5.74) is 1.94. The summed E-state index contributed by atoms with van der Waals surface area (Å²) in [6.07, 6.45) is 3.46. The van der Waals surface area contributed by atoms with E-state index in [1.54, 1.807) is 42.1 Å². The highest BCUT2D eigenvalue weighted by atomic mass is 19.1. The molecule has 36 heavy (non-hydrogen) atoms. The summed E-state index contributed by atoms with van der Waals surface area (Å²) in [5.74, 6) is 0.427. The van der Waals surface area contributed by atoms with Gasteiger partial charge in [-0.1, -0.05) is 24.3 Å². The van der Waals surface area contributed by atoms with Gasteiger partial charge in [0.25, 0.3) is 5.56 Å². The second-order valence-corrected chi connectivity index (χ2v) is 8.97. The Morgan fingerprint density at radius 3 is 2.36 bits per heavy atom. The quantitative estimate of drug-likeness (QED) is 0.448. The van der Waals surface area contributed by atoms with Gasteiger partial charge < -0.3 is 14.6 Å². The zero-order valence-electron chi connectivity index (χ0n) is 20.1. The summed E-state index contributed by atoms with van der Waals surface area (Å²) in [6, 6.07) is 18.7. The maximum atomic E-state index is 14.3. The van der Waals surface area contributed by atoms with E-state index >= 15 is 0 Å². The maximum absolute atomic E-state index is 14.3. The lowest BCUT2D eigenvalue weighted by Crippen LogP contribution is -2.49. The third kappa shape index (κ3) is 4.85. The van der Waals surface area contributed by atoms with Crippen LogP contribution in [-0.2, 0) is 6.54 Å². The number of piperazine rings is 1. The number of pyridine rings is 3. The number of hydrogen-bond acceptors (Lipinski definition) is 6. The minimum atomic E-state index is -0.602. The van der Waals surface area contributed by atoms with Crippen molar-refractivity contribution in [3.8, 4) is 5.75 Å². The fraction of sp³-hybridized carbons (Fsp3) is 0.250. The molecule has 4 aromatic rings. The van der Waals surface area contributed by atoms with Gasteiger partial charge >= 0.3 is 0 Å². The van der Waals surface area contributed by atoms with Gasteiger partial charge in [0.05, 0.1) is 23.8 Å². The average Bonchev–Trinajstić information content (AvgIpc) is 2.90. The van der Waals surface area contributed by atoms with Crippen molar-refractivity contribution in [2.45, 2.75) is 19.5 Å². The van der Waals surface area contributed by atoms with E-state index in [1.807, 2.05) is 36.4 Å². The Morgan fingerprint density at radius 2 is 1.69 bits per heavy atom. The number of aryl methyl sites for hydroxylation is 1. The highest BCUT2D eigenvalue weighted by Gasteiger charge is 2.32. The number of nitrogens with zero attached hydrogens (tertiary/aromatic N) is 5. The van der Waals surface area contributed by atoms with E-state index in [0.29, 0.717) is 37.4 Å². The summed E-state index contributed by atoms with van der Waals surface area (Å²) in [5, 5.41) is 11.1. The van der Waals surface area contributed by atoms with Crippen molar-refractivity contribution in [3.63, 3.8) is 0 Å². The molecule has 1 fully saturated rings. The number of aromatic nitrogens is 3. The number of aromatic hydroxyl groups is 1. The molecule has 0 saturated carbocycles. The molecule has 1 aliphatic rings. The van der Waals surface area contributed by atoms with Crippen molar-refractivity contribution in [1.82, 2.24) is 19.4 Å². The molecule has 0 amide bonds. The fourth-order valence-electron chi connectivity index (χ4n) is 4.86. The lowest BCUT2D eigenvalue weighted by atomic mass is 9.95. The summed E-state index contributed by atoms with van der Waals surface area (Å²) >= 11 is 0. The van der Waals surface area contributed by atoms with E-state index < -0.39 is 6.04 Å². The first-order chi connectivity index (χ1) is 17.5. The van der Waals surface area contributed by atoms with E-state index in [1.165, 1.54) is 12.1 Å². The van der Waals surface area contributed by atoms with Crippen LogP contribution in [0.4, 0.5) is 10.2 Å². The van der Waals surface area contributed by atoms with Crippen LogP contribution in [0.2, 0.25) is 0 Å². The zero-order valence-corrected chi connectivity index (χ0v) is 20.1. The Kier molecular flexibility index (Phi) is 6.77. The summed E-state index contributed by atoms with van der Waals surface area (Å²) in [7, 11) is 0. The van der Waals surface area contributed by atoms with Crippen molar-refractivity contribution in [2.24, 2.45) is 0 Å². The lowest BCUT2D eigenvalue weighted by molar-refractivity contribution is 0.206. The number of anilines is 1. The van der Waals surface area contributed by atoms with Crippen molar-refractivity contribution < 1.29 is 9.50 Å². The van der Waals surface area contributed by atoms with Crippen molar-refractivity contribution in [3.05, 3.63) is 118 Å². The van der Waals surface area contributed by atoms with E-state index in [0.717, 1.165) is 11.5 Å². The molecule has 184 valence electrons. The average molecular weight is 486 g/mol. The Hall–Kier alpha value is -4.04. The molecule has 1 atom stereocenters. The number of halogens is 1. The molecule has 4 heterocycles. The van der Waals surface area contributed by atoms with Crippen LogP contribution in [0.3, 0.4) is 0 Å². The molecule has 1 aliphatic heterocycles. The van der Waals surface area contributed by atoms with Crippen LogP contribution in [0.15, 0.2) is 83.9 Å². The van der Waals surface area contributed by atoms with Gasteiger partial charge in [0.2, 0.25) is 0 Å². The first-order valence-corrected chi connectivity index (χ1v) is 12.0.